The lowest BCUT2D eigenvalue weighted by Crippen LogP contribution is -2.55. The number of rotatable bonds is 13. The average Bonchev–Trinajstić information content (AvgIpc) is 2.61. The highest BCUT2D eigenvalue weighted by Crippen LogP contribution is 2.10. The molecule has 0 aromatic rings. The van der Waals surface area contributed by atoms with Crippen molar-refractivity contribution in [1.82, 2.24) is 10.6 Å². The minimum Gasteiger partial charge on any atom is -0.480 e. The van der Waals surface area contributed by atoms with Crippen molar-refractivity contribution in [2.24, 2.45) is 34.0 Å². The van der Waals surface area contributed by atoms with Crippen LogP contribution in [0, 0.1) is 11.8 Å². The number of carboxylic acids is 1. The molecule has 2 amide bonds. The predicted octanol–water partition coefficient (Wildman–Crippen LogP) is -0.486. The van der Waals surface area contributed by atoms with E-state index in [2.05, 4.69) is 15.6 Å². The first-order chi connectivity index (χ1) is 13.0. The average molecular weight is 401 g/mol. The number of hydrogen-bond donors (Lipinski definition) is 6. The van der Waals surface area contributed by atoms with Gasteiger partial charge in [-0.25, -0.2) is 4.79 Å². The van der Waals surface area contributed by atoms with Crippen molar-refractivity contribution in [1.29, 1.82) is 0 Å². The Bertz CT molecular complexity index is 548. The van der Waals surface area contributed by atoms with Crippen LogP contribution in [-0.4, -0.2) is 53.5 Å². The zero-order chi connectivity index (χ0) is 21.9. The lowest BCUT2D eigenvalue weighted by molar-refractivity contribution is -0.142. The van der Waals surface area contributed by atoms with E-state index in [0.29, 0.717) is 12.8 Å². The van der Waals surface area contributed by atoms with Crippen LogP contribution in [0.4, 0.5) is 0 Å². The van der Waals surface area contributed by atoms with E-state index in [4.69, 9.17) is 17.2 Å². The van der Waals surface area contributed by atoms with E-state index in [9.17, 15) is 19.5 Å². The minimum absolute atomic E-state index is 0.0370. The number of nitrogens with zero attached hydrogens (tertiary/aromatic N) is 1. The number of nitrogens with one attached hydrogen (secondary N) is 2. The fourth-order valence-electron chi connectivity index (χ4n) is 2.52. The van der Waals surface area contributed by atoms with Crippen LogP contribution in [0.25, 0.3) is 0 Å². The van der Waals surface area contributed by atoms with Gasteiger partial charge < -0.3 is 32.9 Å². The van der Waals surface area contributed by atoms with Crippen LogP contribution < -0.4 is 27.8 Å². The van der Waals surface area contributed by atoms with Crippen molar-refractivity contribution in [3.05, 3.63) is 0 Å². The van der Waals surface area contributed by atoms with Crippen molar-refractivity contribution in [3.8, 4) is 0 Å². The molecule has 0 unspecified atom stereocenters. The summed E-state index contributed by atoms with van der Waals surface area (Å²) >= 11 is 0. The third kappa shape index (κ3) is 10.1. The zero-order valence-electron chi connectivity index (χ0n) is 17.3. The van der Waals surface area contributed by atoms with Crippen LogP contribution in [0.5, 0.6) is 0 Å². The Morgan fingerprint density at radius 2 is 1.61 bits per heavy atom. The molecule has 0 aliphatic heterocycles. The first-order valence-corrected chi connectivity index (χ1v) is 9.64. The number of amides is 2. The second-order valence-corrected chi connectivity index (χ2v) is 7.45. The molecule has 10 nitrogen and oxygen atoms in total. The van der Waals surface area contributed by atoms with Crippen LogP contribution in [0.1, 0.15) is 53.4 Å². The van der Waals surface area contributed by atoms with Gasteiger partial charge in [-0.3, -0.25) is 14.6 Å². The number of aliphatic carboxylic acids is 1. The lowest BCUT2D eigenvalue weighted by atomic mass is 9.97. The largest absolute Gasteiger partial charge is 0.480 e. The highest BCUT2D eigenvalue weighted by Gasteiger charge is 2.29. The summed E-state index contributed by atoms with van der Waals surface area (Å²) in [7, 11) is 0. The van der Waals surface area contributed by atoms with E-state index in [1.165, 1.54) is 0 Å². The Hall–Kier alpha value is -2.36. The van der Waals surface area contributed by atoms with Crippen molar-refractivity contribution in [3.63, 3.8) is 0 Å². The molecule has 9 N–H and O–H groups in total. The molecule has 0 aromatic heterocycles. The van der Waals surface area contributed by atoms with Crippen LogP contribution in [0.15, 0.2) is 4.99 Å². The quantitative estimate of drug-likeness (QED) is 0.137. The summed E-state index contributed by atoms with van der Waals surface area (Å²) in [6.07, 6.45) is 1.64. The Morgan fingerprint density at radius 3 is 2.07 bits per heavy atom. The Balaban J connectivity index is 5.02. The topological polar surface area (TPSA) is 186 Å². The Kier molecular flexibility index (Phi) is 11.8. The summed E-state index contributed by atoms with van der Waals surface area (Å²) in [5.74, 6) is -2.13. The first kappa shape index (κ1) is 25.6. The van der Waals surface area contributed by atoms with Gasteiger partial charge in [0.25, 0.3) is 0 Å². The molecule has 0 spiro atoms. The fraction of sp³-hybridized carbons (Fsp3) is 0.778. The maximum Gasteiger partial charge on any atom is 0.326 e. The van der Waals surface area contributed by atoms with Gasteiger partial charge >= 0.3 is 5.97 Å². The molecule has 0 rings (SSSR count). The molecule has 4 atom stereocenters. The van der Waals surface area contributed by atoms with Crippen molar-refractivity contribution >= 4 is 23.7 Å². The van der Waals surface area contributed by atoms with Gasteiger partial charge in [-0.15, -0.1) is 0 Å². The number of aliphatic imine (C=N–C) groups is 1. The minimum atomic E-state index is -1.16. The molecule has 0 aromatic carbocycles. The van der Waals surface area contributed by atoms with E-state index in [0.717, 1.165) is 6.42 Å². The van der Waals surface area contributed by atoms with Gasteiger partial charge in [0, 0.05) is 6.54 Å². The summed E-state index contributed by atoms with van der Waals surface area (Å²) in [6, 6.07) is -2.69. The van der Waals surface area contributed by atoms with Crippen molar-refractivity contribution in [2.45, 2.75) is 71.5 Å². The van der Waals surface area contributed by atoms with Crippen LogP contribution in [-0.2, 0) is 14.4 Å². The summed E-state index contributed by atoms with van der Waals surface area (Å²) in [5, 5.41) is 14.5. The Morgan fingerprint density at radius 1 is 1.04 bits per heavy atom. The van der Waals surface area contributed by atoms with Crippen LogP contribution in [0.3, 0.4) is 0 Å². The standard InChI is InChI=1S/C18H36N6O4/c1-5-11(4)14(19)16(26)24-13(9-10(2)3)15(25)23-12(17(27)28)7-6-8-22-18(20)21/h10-14H,5-9,19H2,1-4H3,(H,23,25)(H,24,26)(H,27,28)(H4,20,21,22)/t11-,12-,13-,14-/m0/s1. The molecule has 0 bridgehead atoms. The Labute approximate surface area is 166 Å². The second kappa shape index (κ2) is 12.9. The predicted molar refractivity (Wildman–Crippen MR) is 108 cm³/mol. The molecule has 0 fully saturated rings. The van der Waals surface area contributed by atoms with Gasteiger partial charge in [0.2, 0.25) is 11.8 Å². The molecular formula is C18H36N6O4. The van der Waals surface area contributed by atoms with Gasteiger partial charge in [-0.1, -0.05) is 34.1 Å². The molecule has 0 aliphatic rings. The molecule has 0 saturated heterocycles. The molecule has 162 valence electrons. The number of guanidine groups is 1. The third-order valence-electron chi connectivity index (χ3n) is 4.46. The number of nitrogens with two attached hydrogens (primary N) is 3. The highest BCUT2D eigenvalue weighted by molar-refractivity contribution is 5.91. The highest BCUT2D eigenvalue weighted by atomic mass is 16.4. The molecule has 0 saturated carbocycles. The number of carboxylic acid groups (broad SMARTS) is 1. The molecule has 0 radical (unpaired) electrons. The summed E-state index contributed by atoms with van der Waals surface area (Å²) < 4.78 is 0. The molecule has 0 heterocycles. The first-order valence-electron chi connectivity index (χ1n) is 9.64. The monoisotopic (exact) mass is 400 g/mol. The normalized spacial score (nSPS) is 15.2. The SMILES string of the molecule is CC[C@H](C)[C@H](N)C(=O)N[C@@H](CC(C)C)C(=O)N[C@@H](CCCN=C(N)N)C(=O)O. The molecule has 28 heavy (non-hydrogen) atoms. The number of carbonyl (C=O) groups excluding carboxylic acids is 2. The molecular weight excluding hydrogens is 364 g/mol. The van der Waals surface area contributed by atoms with E-state index < -0.39 is 35.9 Å². The van der Waals surface area contributed by atoms with Crippen LogP contribution in [0.2, 0.25) is 0 Å². The molecule has 10 heteroatoms. The second-order valence-electron chi connectivity index (χ2n) is 7.45. The van der Waals surface area contributed by atoms with Crippen molar-refractivity contribution < 1.29 is 19.5 Å². The zero-order valence-corrected chi connectivity index (χ0v) is 17.3. The smallest absolute Gasteiger partial charge is 0.326 e. The van der Waals surface area contributed by atoms with Gasteiger partial charge in [0.1, 0.15) is 12.1 Å². The summed E-state index contributed by atoms with van der Waals surface area (Å²) in [4.78, 5) is 40.2. The lowest BCUT2D eigenvalue weighted by Gasteiger charge is -2.25. The van der Waals surface area contributed by atoms with E-state index in [-0.39, 0.29) is 30.8 Å². The summed E-state index contributed by atoms with van der Waals surface area (Å²) in [5.41, 5.74) is 16.4. The summed E-state index contributed by atoms with van der Waals surface area (Å²) in [6.45, 7) is 7.86. The van der Waals surface area contributed by atoms with Gasteiger partial charge in [-0.2, -0.15) is 0 Å². The third-order valence-corrected chi connectivity index (χ3v) is 4.46. The van der Waals surface area contributed by atoms with E-state index in [1.54, 1.807) is 0 Å². The number of hydrogen-bond acceptors (Lipinski definition) is 5. The maximum atomic E-state index is 12.6. The van der Waals surface area contributed by atoms with Gasteiger partial charge in [0.15, 0.2) is 5.96 Å². The number of carbonyl (C=O) groups is 3. The van der Waals surface area contributed by atoms with Gasteiger partial charge in [0.05, 0.1) is 6.04 Å². The molecule has 0 aliphatic carbocycles. The fourth-order valence-corrected chi connectivity index (χ4v) is 2.52. The van der Waals surface area contributed by atoms with Gasteiger partial charge in [-0.05, 0) is 31.1 Å². The maximum absolute atomic E-state index is 12.6. The van der Waals surface area contributed by atoms with E-state index >= 15 is 0 Å². The van der Waals surface area contributed by atoms with Crippen LogP contribution >= 0.6 is 0 Å². The van der Waals surface area contributed by atoms with E-state index in [1.807, 2.05) is 27.7 Å². The van der Waals surface area contributed by atoms with Crippen molar-refractivity contribution in [2.75, 3.05) is 6.54 Å².